The molecule has 0 radical (unpaired) electrons. The van der Waals surface area contributed by atoms with Crippen LogP contribution in [0.1, 0.15) is 31.2 Å². The highest BCUT2D eigenvalue weighted by Crippen LogP contribution is 2.40. The van der Waals surface area contributed by atoms with Gasteiger partial charge < -0.3 is 14.8 Å². The van der Waals surface area contributed by atoms with E-state index in [-0.39, 0.29) is 31.1 Å². The SMILES string of the molecule is FC(F)(F)Oc1ccc(COc2cccc(NCC3CCCC(C(F)(F)F)C3)c2)cc1. The van der Waals surface area contributed by atoms with Gasteiger partial charge in [-0.25, -0.2) is 0 Å². The van der Waals surface area contributed by atoms with Gasteiger partial charge in [0, 0.05) is 18.3 Å². The van der Waals surface area contributed by atoms with Crippen LogP contribution in [0.15, 0.2) is 48.5 Å². The molecule has 3 nitrogen and oxygen atoms in total. The Labute approximate surface area is 176 Å². The van der Waals surface area contributed by atoms with E-state index in [1.165, 1.54) is 24.3 Å². The van der Waals surface area contributed by atoms with Crippen molar-refractivity contribution >= 4 is 5.69 Å². The molecule has 0 aliphatic heterocycles. The maximum Gasteiger partial charge on any atom is 0.573 e. The van der Waals surface area contributed by atoms with E-state index in [2.05, 4.69) is 10.1 Å². The maximum absolute atomic E-state index is 13.0. The van der Waals surface area contributed by atoms with E-state index in [1.54, 1.807) is 24.3 Å². The standard InChI is InChI=1S/C22H23F6NO2/c23-21(24,25)17-4-1-3-16(11-17)13-29-18-5-2-6-20(12-18)30-14-15-7-9-19(10-8-15)31-22(26,27)28/h2,5-10,12,16-17,29H,1,3-4,11,13-14H2. The molecule has 0 spiro atoms. The van der Waals surface area contributed by atoms with Gasteiger partial charge in [0.25, 0.3) is 0 Å². The second-order valence-electron chi connectivity index (χ2n) is 7.66. The third kappa shape index (κ3) is 7.56. The Balaban J connectivity index is 1.49. The molecule has 2 unspecified atom stereocenters. The van der Waals surface area contributed by atoms with Gasteiger partial charge in [0.1, 0.15) is 18.1 Å². The predicted octanol–water partition coefficient (Wildman–Crippen LogP) is 6.94. The minimum absolute atomic E-state index is 0.0395. The topological polar surface area (TPSA) is 30.5 Å². The molecule has 31 heavy (non-hydrogen) atoms. The Morgan fingerprint density at radius 1 is 0.903 bits per heavy atom. The first-order valence-corrected chi connectivity index (χ1v) is 9.96. The van der Waals surface area contributed by atoms with Crippen LogP contribution in [0, 0.1) is 11.8 Å². The van der Waals surface area contributed by atoms with Crippen LogP contribution >= 0.6 is 0 Å². The number of ether oxygens (including phenoxy) is 2. The van der Waals surface area contributed by atoms with Crippen LogP contribution in [0.25, 0.3) is 0 Å². The van der Waals surface area contributed by atoms with Gasteiger partial charge in [-0.15, -0.1) is 13.2 Å². The number of alkyl halides is 6. The molecule has 1 aliphatic rings. The van der Waals surface area contributed by atoms with Crippen molar-refractivity contribution in [3.8, 4) is 11.5 Å². The Hall–Kier alpha value is -2.58. The molecule has 1 N–H and O–H groups in total. The monoisotopic (exact) mass is 447 g/mol. The highest BCUT2D eigenvalue weighted by Gasteiger charge is 2.42. The lowest BCUT2D eigenvalue weighted by Gasteiger charge is -2.30. The summed E-state index contributed by atoms with van der Waals surface area (Å²) in [5, 5.41) is 3.18. The number of nitrogens with one attached hydrogen (secondary N) is 1. The average molecular weight is 447 g/mol. The van der Waals surface area contributed by atoms with Gasteiger partial charge in [0.05, 0.1) is 5.92 Å². The van der Waals surface area contributed by atoms with Crippen molar-refractivity contribution in [2.45, 2.75) is 44.8 Å². The molecule has 0 saturated heterocycles. The molecule has 2 aromatic rings. The molecule has 170 valence electrons. The van der Waals surface area contributed by atoms with Crippen molar-refractivity contribution in [3.63, 3.8) is 0 Å². The van der Waals surface area contributed by atoms with E-state index in [9.17, 15) is 26.3 Å². The minimum atomic E-state index is -4.74. The Morgan fingerprint density at radius 2 is 1.65 bits per heavy atom. The number of rotatable bonds is 7. The van der Waals surface area contributed by atoms with Crippen LogP contribution in [-0.2, 0) is 6.61 Å². The number of hydrogen-bond acceptors (Lipinski definition) is 3. The zero-order chi connectivity index (χ0) is 22.5. The maximum atomic E-state index is 13.0. The first kappa shape index (κ1) is 23.1. The summed E-state index contributed by atoms with van der Waals surface area (Å²) in [5.41, 5.74) is 1.40. The van der Waals surface area contributed by atoms with Crippen LogP contribution in [-0.4, -0.2) is 19.1 Å². The molecule has 3 rings (SSSR count). The summed E-state index contributed by atoms with van der Waals surface area (Å²) in [5.74, 6) is -1.03. The van der Waals surface area contributed by atoms with E-state index in [1.807, 2.05) is 0 Å². The van der Waals surface area contributed by atoms with Gasteiger partial charge in [-0.05, 0) is 55.0 Å². The number of hydrogen-bond donors (Lipinski definition) is 1. The predicted molar refractivity (Wildman–Crippen MR) is 104 cm³/mol. The van der Waals surface area contributed by atoms with E-state index < -0.39 is 18.5 Å². The van der Waals surface area contributed by atoms with Crippen molar-refractivity contribution in [3.05, 3.63) is 54.1 Å². The molecule has 2 atom stereocenters. The first-order chi connectivity index (χ1) is 14.6. The quantitative estimate of drug-likeness (QED) is 0.466. The highest BCUT2D eigenvalue weighted by molar-refractivity contribution is 5.48. The van der Waals surface area contributed by atoms with E-state index in [4.69, 9.17) is 4.74 Å². The molecule has 0 heterocycles. The molecule has 1 saturated carbocycles. The average Bonchev–Trinajstić information content (AvgIpc) is 2.71. The van der Waals surface area contributed by atoms with Crippen molar-refractivity contribution < 1.29 is 35.8 Å². The zero-order valence-corrected chi connectivity index (χ0v) is 16.6. The largest absolute Gasteiger partial charge is 0.573 e. The molecule has 0 amide bonds. The fraction of sp³-hybridized carbons (Fsp3) is 0.455. The molecular formula is C22H23F6NO2. The lowest BCUT2D eigenvalue weighted by atomic mass is 9.81. The van der Waals surface area contributed by atoms with Gasteiger partial charge in [0.15, 0.2) is 0 Å². The summed E-state index contributed by atoms with van der Waals surface area (Å²) in [4.78, 5) is 0. The summed E-state index contributed by atoms with van der Waals surface area (Å²) in [7, 11) is 0. The van der Waals surface area contributed by atoms with Crippen molar-refractivity contribution in [2.75, 3.05) is 11.9 Å². The van der Waals surface area contributed by atoms with Gasteiger partial charge >= 0.3 is 12.5 Å². The van der Waals surface area contributed by atoms with Crippen LogP contribution < -0.4 is 14.8 Å². The van der Waals surface area contributed by atoms with Crippen molar-refractivity contribution in [1.29, 1.82) is 0 Å². The Kier molecular flexibility index (Phi) is 7.23. The summed E-state index contributed by atoms with van der Waals surface area (Å²) < 4.78 is 85.0. The minimum Gasteiger partial charge on any atom is -0.489 e. The molecule has 9 heteroatoms. The fourth-order valence-electron chi connectivity index (χ4n) is 3.69. The lowest BCUT2D eigenvalue weighted by molar-refractivity contribution is -0.274. The molecular weight excluding hydrogens is 424 g/mol. The van der Waals surface area contributed by atoms with Gasteiger partial charge in [-0.3, -0.25) is 0 Å². The second kappa shape index (κ2) is 9.70. The number of anilines is 1. The third-order valence-corrected chi connectivity index (χ3v) is 5.24. The fourth-order valence-corrected chi connectivity index (χ4v) is 3.69. The van der Waals surface area contributed by atoms with Crippen LogP contribution in [0.5, 0.6) is 11.5 Å². The van der Waals surface area contributed by atoms with E-state index in [0.29, 0.717) is 24.3 Å². The van der Waals surface area contributed by atoms with Gasteiger partial charge in [0.2, 0.25) is 0 Å². The molecule has 0 aromatic heterocycles. The van der Waals surface area contributed by atoms with Crippen LogP contribution in [0.4, 0.5) is 32.0 Å². The van der Waals surface area contributed by atoms with Crippen molar-refractivity contribution in [2.24, 2.45) is 11.8 Å². The van der Waals surface area contributed by atoms with Crippen LogP contribution in [0.3, 0.4) is 0 Å². The van der Waals surface area contributed by atoms with Crippen LogP contribution in [0.2, 0.25) is 0 Å². The molecule has 1 aliphatic carbocycles. The Morgan fingerprint density at radius 3 is 2.32 bits per heavy atom. The smallest absolute Gasteiger partial charge is 0.489 e. The van der Waals surface area contributed by atoms with Crippen molar-refractivity contribution in [1.82, 2.24) is 0 Å². The lowest BCUT2D eigenvalue weighted by Crippen LogP contribution is -2.31. The van der Waals surface area contributed by atoms with Gasteiger partial charge in [-0.1, -0.05) is 24.6 Å². The molecule has 1 fully saturated rings. The van der Waals surface area contributed by atoms with E-state index >= 15 is 0 Å². The first-order valence-electron chi connectivity index (χ1n) is 9.96. The normalized spacial score (nSPS) is 19.7. The summed E-state index contributed by atoms with van der Waals surface area (Å²) >= 11 is 0. The summed E-state index contributed by atoms with van der Waals surface area (Å²) in [6.07, 6.45) is -7.19. The summed E-state index contributed by atoms with van der Waals surface area (Å²) in [6, 6.07) is 12.4. The molecule has 2 aromatic carbocycles. The summed E-state index contributed by atoms with van der Waals surface area (Å²) in [6.45, 7) is 0.600. The van der Waals surface area contributed by atoms with Gasteiger partial charge in [-0.2, -0.15) is 13.2 Å². The zero-order valence-electron chi connectivity index (χ0n) is 16.6. The highest BCUT2D eigenvalue weighted by atomic mass is 19.4. The Bertz CT molecular complexity index is 835. The third-order valence-electron chi connectivity index (χ3n) is 5.24. The number of halogens is 6. The van der Waals surface area contributed by atoms with E-state index in [0.717, 1.165) is 12.1 Å². The number of benzene rings is 2. The molecule has 0 bridgehead atoms. The second-order valence-corrected chi connectivity index (χ2v) is 7.66.